The van der Waals surface area contributed by atoms with Crippen molar-refractivity contribution in [3.8, 4) is 0 Å². The molecule has 2 aromatic carbocycles. The molecule has 1 N–H and O–H groups in total. The Labute approximate surface area is 127 Å². The predicted octanol–water partition coefficient (Wildman–Crippen LogP) is 2.70. The van der Waals surface area contributed by atoms with Gasteiger partial charge in [-0.15, -0.1) is 0 Å². The Morgan fingerprint density at radius 2 is 1.90 bits per heavy atom. The zero-order valence-corrected chi connectivity index (χ0v) is 13.1. The summed E-state index contributed by atoms with van der Waals surface area (Å²) in [6.07, 6.45) is 0.885. The van der Waals surface area contributed by atoms with Crippen molar-refractivity contribution in [2.75, 3.05) is 27.2 Å². The summed E-state index contributed by atoms with van der Waals surface area (Å²) in [4.78, 5) is 14.0. The number of likely N-dealkylation sites (N-methyl/N-ethyl adjacent to an activating group) is 1. The number of nitrogens with zero attached hydrogens (tertiary/aromatic N) is 1. The van der Waals surface area contributed by atoms with Crippen molar-refractivity contribution in [3.05, 3.63) is 48.0 Å². The molecule has 0 saturated carbocycles. The van der Waals surface area contributed by atoms with Crippen LogP contribution in [0.25, 0.3) is 10.8 Å². The van der Waals surface area contributed by atoms with Crippen molar-refractivity contribution >= 4 is 16.7 Å². The largest absolute Gasteiger partial charge is 0.345 e. The van der Waals surface area contributed by atoms with Gasteiger partial charge in [0.2, 0.25) is 5.91 Å². The first-order chi connectivity index (χ1) is 10.1. The van der Waals surface area contributed by atoms with E-state index in [2.05, 4.69) is 47.8 Å². The monoisotopic (exact) mass is 284 g/mol. The lowest BCUT2D eigenvalue weighted by atomic mass is 10.0. The molecule has 0 radical (unpaired) electrons. The Balaban J connectivity index is 2.03. The van der Waals surface area contributed by atoms with Gasteiger partial charge in [0.05, 0.1) is 0 Å². The van der Waals surface area contributed by atoms with Crippen molar-refractivity contribution in [1.29, 1.82) is 0 Å². The molecule has 0 aliphatic carbocycles. The lowest BCUT2D eigenvalue weighted by Gasteiger charge is -2.21. The fourth-order valence-corrected chi connectivity index (χ4v) is 2.68. The van der Waals surface area contributed by atoms with Crippen LogP contribution in [0.3, 0.4) is 0 Å². The van der Waals surface area contributed by atoms with Gasteiger partial charge in [-0.2, -0.15) is 0 Å². The van der Waals surface area contributed by atoms with Crippen LogP contribution >= 0.6 is 0 Å². The van der Waals surface area contributed by atoms with E-state index in [1.165, 1.54) is 16.3 Å². The van der Waals surface area contributed by atoms with Gasteiger partial charge in [-0.1, -0.05) is 49.4 Å². The van der Waals surface area contributed by atoms with Crippen LogP contribution in [0.4, 0.5) is 0 Å². The molecular weight excluding hydrogens is 260 g/mol. The molecule has 0 fully saturated rings. The van der Waals surface area contributed by atoms with Gasteiger partial charge in [-0.25, -0.2) is 0 Å². The number of hydrogen-bond donors (Lipinski definition) is 1. The number of benzene rings is 2. The van der Waals surface area contributed by atoms with Crippen molar-refractivity contribution in [3.63, 3.8) is 0 Å². The molecule has 3 heteroatoms. The van der Waals surface area contributed by atoms with E-state index in [9.17, 15) is 4.79 Å². The lowest BCUT2D eigenvalue weighted by Crippen LogP contribution is -2.37. The van der Waals surface area contributed by atoms with Crippen molar-refractivity contribution in [1.82, 2.24) is 10.2 Å². The number of rotatable bonds is 6. The van der Waals surface area contributed by atoms with Gasteiger partial charge in [0.25, 0.3) is 0 Å². The highest BCUT2D eigenvalue weighted by molar-refractivity contribution is 5.85. The minimum Gasteiger partial charge on any atom is -0.345 e. The maximum absolute atomic E-state index is 12.2. The first kappa shape index (κ1) is 15.5. The first-order valence-corrected chi connectivity index (χ1v) is 7.49. The Bertz CT molecular complexity index is 604. The van der Waals surface area contributed by atoms with E-state index in [-0.39, 0.29) is 11.8 Å². The van der Waals surface area contributed by atoms with E-state index in [0.717, 1.165) is 19.5 Å². The van der Waals surface area contributed by atoms with Gasteiger partial charge >= 0.3 is 0 Å². The molecule has 0 aliphatic rings. The van der Waals surface area contributed by atoms with Crippen LogP contribution < -0.4 is 5.32 Å². The van der Waals surface area contributed by atoms with Gasteiger partial charge in [0.15, 0.2) is 0 Å². The zero-order chi connectivity index (χ0) is 15.2. The van der Waals surface area contributed by atoms with Crippen molar-refractivity contribution in [2.45, 2.75) is 13.3 Å². The standard InChI is InChI=1S/C18H24N2O/c1-14(13-19-2)18(21)20(3)12-11-16-9-6-8-15-7-4-5-10-17(15)16/h4-10,14,19H,11-13H2,1-3H3. The van der Waals surface area contributed by atoms with E-state index >= 15 is 0 Å². The Hall–Kier alpha value is -1.87. The number of amides is 1. The van der Waals surface area contributed by atoms with E-state index in [0.29, 0.717) is 0 Å². The number of carbonyl (C=O) groups excluding carboxylic acids is 1. The van der Waals surface area contributed by atoms with Gasteiger partial charge in [-0.05, 0) is 29.8 Å². The summed E-state index contributed by atoms with van der Waals surface area (Å²) < 4.78 is 0. The highest BCUT2D eigenvalue weighted by Crippen LogP contribution is 2.19. The molecule has 21 heavy (non-hydrogen) atoms. The van der Waals surface area contributed by atoms with Gasteiger partial charge in [0.1, 0.15) is 0 Å². The number of fused-ring (bicyclic) bond motifs is 1. The molecule has 2 rings (SSSR count). The SMILES string of the molecule is CNCC(C)C(=O)N(C)CCc1cccc2ccccc12. The van der Waals surface area contributed by atoms with E-state index in [1.807, 2.05) is 25.9 Å². The van der Waals surface area contributed by atoms with Gasteiger partial charge in [0, 0.05) is 26.1 Å². The molecule has 0 saturated heterocycles. The number of hydrogen-bond acceptors (Lipinski definition) is 2. The molecule has 2 aromatic rings. The summed E-state index contributed by atoms with van der Waals surface area (Å²) in [5.74, 6) is 0.220. The average molecular weight is 284 g/mol. The van der Waals surface area contributed by atoms with Crippen LogP contribution in [0.1, 0.15) is 12.5 Å². The lowest BCUT2D eigenvalue weighted by molar-refractivity contribution is -0.133. The molecule has 3 nitrogen and oxygen atoms in total. The minimum atomic E-state index is 0.0208. The Morgan fingerprint density at radius 1 is 1.19 bits per heavy atom. The normalized spacial score (nSPS) is 12.3. The summed E-state index contributed by atoms with van der Waals surface area (Å²) in [7, 11) is 3.76. The van der Waals surface area contributed by atoms with Gasteiger partial charge < -0.3 is 10.2 Å². The maximum atomic E-state index is 12.2. The third-order valence-corrected chi connectivity index (χ3v) is 3.90. The van der Waals surface area contributed by atoms with Gasteiger partial charge in [-0.3, -0.25) is 4.79 Å². The fraction of sp³-hybridized carbons (Fsp3) is 0.389. The number of nitrogens with one attached hydrogen (secondary N) is 1. The molecule has 112 valence electrons. The summed E-state index contributed by atoms with van der Waals surface area (Å²) >= 11 is 0. The number of carbonyl (C=O) groups is 1. The predicted molar refractivity (Wildman–Crippen MR) is 88.4 cm³/mol. The van der Waals surface area contributed by atoms with E-state index < -0.39 is 0 Å². The molecule has 0 spiro atoms. The fourth-order valence-electron chi connectivity index (χ4n) is 2.68. The minimum absolute atomic E-state index is 0.0208. The molecule has 1 unspecified atom stereocenters. The molecule has 0 bridgehead atoms. The summed E-state index contributed by atoms with van der Waals surface area (Å²) in [5, 5.41) is 5.59. The van der Waals surface area contributed by atoms with Crippen molar-refractivity contribution in [2.24, 2.45) is 5.92 Å². The summed E-state index contributed by atoms with van der Waals surface area (Å²) in [6.45, 7) is 3.44. The molecule has 1 amide bonds. The van der Waals surface area contributed by atoms with Crippen LogP contribution in [0.15, 0.2) is 42.5 Å². The third-order valence-electron chi connectivity index (χ3n) is 3.90. The first-order valence-electron chi connectivity index (χ1n) is 7.49. The average Bonchev–Trinajstić information content (AvgIpc) is 2.52. The second-order valence-electron chi connectivity index (χ2n) is 5.61. The quantitative estimate of drug-likeness (QED) is 0.884. The molecular formula is C18H24N2O. The van der Waals surface area contributed by atoms with Crippen LogP contribution in [-0.4, -0.2) is 38.0 Å². The molecule has 0 aliphatic heterocycles. The second-order valence-corrected chi connectivity index (χ2v) is 5.61. The van der Waals surface area contributed by atoms with Crippen LogP contribution in [0.5, 0.6) is 0 Å². The smallest absolute Gasteiger partial charge is 0.226 e. The molecule has 0 aromatic heterocycles. The molecule has 1 atom stereocenters. The maximum Gasteiger partial charge on any atom is 0.226 e. The second kappa shape index (κ2) is 7.23. The Kier molecular flexibility index (Phi) is 5.34. The topological polar surface area (TPSA) is 32.3 Å². The summed E-state index contributed by atoms with van der Waals surface area (Å²) in [5.41, 5.74) is 1.30. The van der Waals surface area contributed by atoms with Crippen LogP contribution in [-0.2, 0) is 11.2 Å². The van der Waals surface area contributed by atoms with Crippen molar-refractivity contribution < 1.29 is 4.79 Å². The van der Waals surface area contributed by atoms with E-state index in [4.69, 9.17) is 0 Å². The van der Waals surface area contributed by atoms with E-state index in [1.54, 1.807) is 0 Å². The molecule has 0 heterocycles. The van der Waals surface area contributed by atoms with Crippen LogP contribution in [0, 0.1) is 5.92 Å². The van der Waals surface area contributed by atoms with Crippen LogP contribution in [0.2, 0.25) is 0 Å². The third kappa shape index (κ3) is 3.82. The Morgan fingerprint density at radius 3 is 2.67 bits per heavy atom. The highest BCUT2D eigenvalue weighted by Gasteiger charge is 2.16. The highest BCUT2D eigenvalue weighted by atomic mass is 16.2. The summed E-state index contributed by atoms with van der Waals surface area (Å²) in [6, 6.07) is 14.8. The zero-order valence-electron chi connectivity index (χ0n) is 13.1.